The Balaban J connectivity index is 1.33. The van der Waals surface area contributed by atoms with Crippen molar-refractivity contribution in [2.45, 2.75) is 32.2 Å². The normalized spacial score (nSPS) is 15.9. The summed E-state index contributed by atoms with van der Waals surface area (Å²) >= 11 is 9.58. The van der Waals surface area contributed by atoms with Gasteiger partial charge in [-0.1, -0.05) is 39.7 Å². The second-order valence-corrected chi connectivity index (χ2v) is 9.93. The molecule has 0 N–H and O–H groups in total. The summed E-state index contributed by atoms with van der Waals surface area (Å²) in [6.07, 6.45) is 1.28. The molecule has 7 heteroatoms. The predicted molar refractivity (Wildman–Crippen MR) is 140 cm³/mol. The van der Waals surface area contributed by atoms with Gasteiger partial charge in [0.1, 0.15) is 11.6 Å². The zero-order chi connectivity index (χ0) is 23.7. The van der Waals surface area contributed by atoms with Crippen LogP contribution in [0.2, 0.25) is 5.02 Å². The fraction of sp³-hybridized carbons (Fsp3) is 0.259. The van der Waals surface area contributed by atoms with Gasteiger partial charge in [-0.2, -0.15) is 0 Å². The zero-order valence-electron chi connectivity index (χ0n) is 18.9. The standard InChI is InChI=1S/C27H25BrClN3O2/c1-18-15-22(11-12-23(18)29)34-14-4-13-31-25-6-3-2-5-24(25)30-27(31)19-16-26(33)32(17-19)21-9-7-20(28)8-10-21/h2-3,5-12,15,19H,4,13-14,16-17H2,1H3. The monoisotopic (exact) mass is 537 g/mol. The maximum absolute atomic E-state index is 12.9. The van der Waals surface area contributed by atoms with E-state index in [4.69, 9.17) is 21.3 Å². The molecular formula is C27H25BrClN3O2. The van der Waals surface area contributed by atoms with Crippen LogP contribution in [0.25, 0.3) is 11.0 Å². The van der Waals surface area contributed by atoms with Crippen molar-refractivity contribution < 1.29 is 9.53 Å². The summed E-state index contributed by atoms with van der Waals surface area (Å²) in [5.74, 6) is 1.97. The fourth-order valence-electron chi connectivity index (χ4n) is 4.51. The zero-order valence-corrected chi connectivity index (χ0v) is 21.2. The SMILES string of the molecule is Cc1cc(OCCCn2c(C3CC(=O)N(c4ccc(Br)cc4)C3)nc3ccccc32)ccc1Cl. The molecule has 5 nitrogen and oxygen atoms in total. The van der Waals surface area contributed by atoms with Crippen LogP contribution >= 0.6 is 27.5 Å². The Morgan fingerprint density at radius 1 is 1.12 bits per heavy atom. The Labute approximate surface area is 212 Å². The first-order valence-electron chi connectivity index (χ1n) is 11.4. The minimum atomic E-state index is 0.0448. The van der Waals surface area contributed by atoms with Gasteiger partial charge in [0.15, 0.2) is 0 Å². The van der Waals surface area contributed by atoms with Crippen LogP contribution in [0.5, 0.6) is 5.75 Å². The summed E-state index contributed by atoms with van der Waals surface area (Å²) in [6.45, 7) is 3.96. The molecule has 1 unspecified atom stereocenters. The van der Waals surface area contributed by atoms with Gasteiger partial charge in [-0.15, -0.1) is 0 Å². The van der Waals surface area contributed by atoms with Crippen LogP contribution in [0.3, 0.4) is 0 Å². The Morgan fingerprint density at radius 2 is 1.91 bits per heavy atom. The van der Waals surface area contributed by atoms with Crippen molar-refractivity contribution >= 4 is 50.2 Å². The third-order valence-electron chi connectivity index (χ3n) is 6.24. The number of benzene rings is 3. The predicted octanol–water partition coefficient (Wildman–Crippen LogP) is 6.75. The van der Waals surface area contributed by atoms with Gasteiger partial charge in [0.05, 0.1) is 17.6 Å². The average molecular weight is 539 g/mol. The Morgan fingerprint density at radius 3 is 2.71 bits per heavy atom. The van der Waals surface area contributed by atoms with Gasteiger partial charge < -0.3 is 14.2 Å². The van der Waals surface area contributed by atoms with Crippen molar-refractivity contribution in [1.29, 1.82) is 0 Å². The number of carbonyl (C=O) groups excluding carboxylic acids is 1. The van der Waals surface area contributed by atoms with Crippen molar-refractivity contribution in [1.82, 2.24) is 9.55 Å². The highest BCUT2D eigenvalue weighted by molar-refractivity contribution is 9.10. The lowest BCUT2D eigenvalue weighted by molar-refractivity contribution is -0.117. The molecule has 5 rings (SSSR count). The number of rotatable bonds is 7. The number of carbonyl (C=O) groups is 1. The minimum absolute atomic E-state index is 0.0448. The van der Waals surface area contributed by atoms with E-state index in [0.29, 0.717) is 19.6 Å². The largest absolute Gasteiger partial charge is 0.494 e. The molecule has 1 saturated heterocycles. The number of aryl methyl sites for hydroxylation is 2. The molecule has 34 heavy (non-hydrogen) atoms. The number of hydrogen-bond donors (Lipinski definition) is 0. The summed E-state index contributed by atoms with van der Waals surface area (Å²) in [5, 5.41) is 0.741. The molecule has 2 heterocycles. The molecule has 0 spiro atoms. The lowest BCUT2D eigenvalue weighted by atomic mass is 10.1. The van der Waals surface area contributed by atoms with Gasteiger partial charge in [0.25, 0.3) is 0 Å². The molecule has 4 aromatic rings. The Hall–Kier alpha value is -2.83. The quantitative estimate of drug-likeness (QED) is 0.245. The first-order chi connectivity index (χ1) is 16.5. The van der Waals surface area contributed by atoms with E-state index in [1.165, 1.54) is 0 Å². The van der Waals surface area contributed by atoms with Crippen LogP contribution in [0, 0.1) is 6.92 Å². The maximum atomic E-state index is 12.9. The van der Waals surface area contributed by atoms with Gasteiger partial charge in [-0.05, 0) is 73.5 Å². The Kier molecular flexibility index (Phi) is 6.61. The third-order valence-corrected chi connectivity index (χ3v) is 7.19. The summed E-state index contributed by atoms with van der Waals surface area (Å²) in [5.41, 5.74) is 3.98. The molecule has 3 aromatic carbocycles. The molecule has 174 valence electrons. The number of hydrogen-bond acceptors (Lipinski definition) is 3. The van der Waals surface area contributed by atoms with E-state index in [0.717, 1.165) is 56.3 Å². The molecule has 0 saturated carbocycles. The molecule has 0 aliphatic carbocycles. The van der Waals surface area contributed by atoms with E-state index in [1.807, 2.05) is 72.5 Å². The van der Waals surface area contributed by atoms with E-state index >= 15 is 0 Å². The lowest BCUT2D eigenvalue weighted by Gasteiger charge is -2.17. The van der Waals surface area contributed by atoms with Crippen molar-refractivity contribution in [2.24, 2.45) is 0 Å². The molecule has 1 aliphatic heterocycles. The molecule has 1 amide bonds. The smallest absolute Gasteiger partial charge is 0.227 e. The van der Waals surface area contributed by atoms with Crippen molar-refractivity contribution in [2.75, 3.05) is 18.1 Å². The van der Waals surface area contributed by atoms with E-state index in [1.54, 1.807) is 0 Å². The summed E-state index contributed by atoms with van der Waals surface area (Å²) in [4.78, 5) is 19.7. The summed E-state index contributed by atoms with van der Waals surface area (Å²) < 4.78 is 9.22. The number of aromatic nitrogens is 2. The maximum Gasteiger partial charge on any atom is 0.227 e. The second kappa shape index (κ2) is 9.80. The average Bonchev–Trinajstić information content (AvgIpc) is 3.40. The minimum Gasteiger partial charge on any atom is -0.494 e. The molecule has 1 fully saturated rings. The number of ether oxygens (including phenoxy) is 1. The third kappa shape index (κ3) is 4.70. The highest BCUT2D eigenvalue weighted by Crippen LogP contribution is 2.34. The molecule has 1 aromatic heterocycles. The molecule has 0 bridgehead atoms. The number of amides is 1. The number of fused-ring (bicyclic) bond motifs is 1. The fourth-order valence-corrected chi connectivity index (χ4v) is 4.89. The van der Waals surface area contributed by atoms with E-state index in [2.05, 4.69) is 26.6 Å². The van der Waals surface area contributed by atoms with Gasteiger partial charge in [-0.3, -0.25) is 4.79 Å². The molecule has 1 aliphatic rings. The molecule has 1 atom stereocenters. The van der Waals surface area contributed by atoms with Crippen LogP contribution < -0.4 is 9.64 Å². The summed E-state index contributed by atoms with van der Waals surface area (Å²) in [6, 6.07) is 21.8. The topological polar surface area (TPSA) is 47.4 Å². The number of nitrogens with zero attached hydrogens (tertiary/aromatic N) is 3. The first-order valence-corrected chi connectivity index (χ1v) is 12.6. The van der Waals surface area contributed by atoms with Gasteiger partial charge in [0, 0.05) is 40.6 Å². The van der Waals surface area contributed by atoms with Gasteiger partial charge in [0.2, 0.25) is 5.91 Å². The van der Waals surface area contributed by atoms with Crippen LogP contribution in [-0.4, -0.2) is 28.6 Å². The number of imidazole rings is 1. The number of anilines is 1. The number of para-hydroxylation sites is 2. The highest BCUT2D eigenvalue weighted by atomic mass is 79.9. The Bertz CT molecular complexity index is 1340. The van der Waals surface area contributed by atoms with Crippen molar-refractivity contribution in [3.05, 3.63) is 87.6 Å². The van der Waals surface area contributed by atoms with Crippen LogP contribution in [0.15, 0.2) is 71.2 Å². The lowest BCUT2D eigenvalue weighted by Crippen LogP contribution is -2.24. The summed E-state index contributed by atoms with van der Waals surface area (Å²) in [7, 11) is 0. The molecule has 0 radical (unpaired) electrons. The second-order valence-electron chi connectivity index (χ2n) is 8.61. The number of halogens is 2. The molecular weight excluding hydrogens is 514 g/mol. The van der Waals surface area contributed by atoms with Gasteiger partial charge in [-0.25, -0.2) is 4.98 Å². The van der Waals surface area contributed by atoms with Crippen LogP contribution in [0.4, 0.5) is 5.69 Å². The van der Waals surface area contributed by atoms with Crippen molar-refractivity contribution in [3.63, 3.8) is 0 Å². The first kappa shape index (κ1) is 22.9. The van der Waals surface area contributed by atoms with Crippen LogP contribution in [-0.2, 0) is 11.3 Å². The highest BCUT2D eigenvalue weighted by Gasteiger charge is 2.34. The van der Waals surface area contributed by atoms with E-state index < -0.39 is 0 Å². The van der Waals surface area contributed by atoms with Crippen molar-refractivity contribution in [3.8, 4) is 5.75 Å². The van der Waals surface area contributed by atoms with E-state index in [-0.39, 0.29) is 11.8 Å². The van der Waals surface area contributed by atoms with E-state index in [9.17, 15) is 4.79 Å². The van der Waals surface area contributed by atoms with Crippen LogP contribution in [0.1, 0.15) is 30.1 Å². The van der Waals surface area contributed by atoms with Gasteiger partial charge >= 0.3 is 0 Å².